The van der Waals surface area contributed by atoms with Crippen LogP contribution in [0, 0.1) is 0 Å². The molecule has 8 heteroatoms. The van der Waals surface area contributed by atoms with E-state index in [0.717, 1.165) is 16.9 Å². The second-order valence-corrected chi connectivity index (χ2v) is 8.62. The smallest absolute Gasteiger partial charge is 0.244 e. The molecule has 0 amide bonds. The lowest BCUT2D eigenvalue weighted by Gasteiger charge is -2.18. The minimum atomic E-state index is -3.52. The molecule has 1 heterocycles. The van der Waals surface area contributed by atoms with Crippen LogP contribution in [-0.4, -0.2) is 37.0 Å². The van der Waals surface area contributed by atoms with Crippen LogP contribution in [0.15, 0.2) is 82.9 Å². The molecule has 0 saturated heterocycles. The van der Waals surface area contributed by atoms with Gasteiger partial charge in [-0.2, -0.15) is 9.41 Å². The Balaban J connectivity index is 1.54. The standard InChI is InChI=1S/C23H26N4O3S/c1-3-27(4-2)31(28,29)22-14-15-23(24-17-22)26-25-16-19-10-12-21(13-11-19)30-18-20-8-6-5-7-9-20/h5-17H,3-4,18H2,1-2H3,(H,24,26). The van der Waals surface area contributed by atoms with Gasteiger partial charge in [0.15, 0.2) is 0 Å². The van der Waals surface area contributed by atoms with Crippen molar-refractivity contribution in [2.75, 3.05) is 18.5 Å². The summed E-state index contributed by atoms with van der Waals surface area (Å²) in [5.74, 6) is 1.23. The third kappa shape index (κ3) is 6.13. The first kappa shape index (κ1) is 22.5. The number of nitrogens with one attached hydrogen (secondary N) is 1. The third-order valence-electron chi connectivity index (χ3n) is 4.60. The minimum absolute atomic E-state index is 0.164. The van der Waals surface area contributed by atoms with Crippen LogP contribution in [0.4, 0.5) is 5.82 Å². The van der Waals surface area contributed by atoms with E-state index in [0.29, 0.717) is 25.5 Å². The van der Waals surface area contributed by atoms with E-state index in [2.05, 4.69) is 15.5 Å². The van der Waals surface area contributed by atoms with E-state index >= 15 is 0 Å². The monoisotopic (exact) mass is 438 g/mol. The highest BCUT2D eigenvalue weighted by Crippen LogP contribution is 2.16. The van der Waals surface area contributed by atoms with Gasteiger partial charge in [-0.3, -0.25) is 5.43 Å². The maximum absolute atomic E-state index is 12.5. The number of hydrogen-bond acceptors (Lipinski definition) is 6. The molecule has 7 nitrogen and oxygen atoms in total. The van der Waals surface area contributed by atoms with Gasteiger partial charge in [-0.1, -0.05) is 44.2 Å². The lowest BCUT2D eigenvalue weighted by Crippen LogP contribution is -2.30. The number of sulfonamides is 1. The van der Waals surface area contributed by atoms with Crippen LogP contribution in [-0.2, 0) is 16.6 Å². The Bertz CT molecular complexity index is 1080. The van der Waals surface area contributed by atoms with E-state index in [1.54, 1.807) is 26.1 Å². The molecule has 2 aromatic carbocycles. The summed E-state index contributed by atoms with van der Waals surface area (Å²) in [4.78, 5) is 4.31. The average Bonchev–Trinajstić information content (AvgIpc) is 2.80. The van der Waals surface area contributed by atoms with Crippen molar-refractivity contribution in [1.82, 2.24) is 9.29 Å². The van der Waals surface area contributed by atoms with Crippen molar-refractivity contribution in [3.63, 3.8) is 0 Å². The largest absolute Gasteiger partial charge is 0.489 e. The van der Waals surface area contributed by atoms with Crippen LogP contribution in [0.1, 0.15) is 25.0 Å². The van der Waals surface area contributed by atoms with Gasteiger partial charge < -0.3 is 4.74 Å². The number of anilines is 1. The molecule has 0 saturated carbocycles. The van der Waals surface area contributed by atoms with Gasteiger partial charge in [-0.05, 0) is 47.5 Å². The first-order valence-corrected chi connectivity index (χ1v) is 11.5. The van der Waals surface area contributed by atoms with E-state index in [4.69, 9.17) is 4.74 Å². The van der Waals surface area contributed by atoms with Crippen molar-refractivity contribution in [2.45, 2.75) is 25.3 Å². The molecule has 0 aliphatic heterocycles. The van der Waals surface area contributed by atoms with Crippen molar-refractivity contribution >= 4 is 22.1 Å². The number of nitrogens with zero attached hydrogens (tertiary/aromatic N) is 3. The summed E-state index contributed by atoms with van der Waals surface area (Å²) in [5.41, 5.74) is 4.81. The van der Waals surface area contributed by atoms with Crippen LogP contribution >= 0.6 is 0 Å². The van der Waals surface area contributed by atoms with Crippen LogP contribution in [0.2, 0.25) is 0 Å². The number of hydrazone groups is 1. The molecule has 0 fully saturated rings. The van der Waals surface area contributed by atoms with Crippen LogP contribution < -0.4 is 10.2 Å². The number of ether oxygens (including phenoxy) is 1. The molecule has 0 unspecified atom stereocenters. The quantitative estimate of drug-likeness (QED) is 0.380. The second kappa shape index (κ2) is 10.7. The highest BCUT2D eigenvalue weighted by molar-refractivity contribution is 7.89. The summed E-state index contributed by atoms with van der Waals surface area (Å²) in [6.07, 6.45) is 2.99. The average molecular weight is 439 g/mol. The predicted molar refractivity (Wildman–Crippen MR) is 123 cm³/mol. The number of pyridine rings is 1. The van der Waals surface area contributed by atoms with E-state index in [-0.39, 0.29) is 4.90 Å². The molecule has 3 aromatic rings. The predicted octanol–water partition coefficient (Wildman–Crippen LogP) is 4.14. The summed E-state index contributed by atoms with van der Waals surface area (Å²) < 4.78 is 32.1. The number of rotatable bonds is 10. The molecular weight excluding hydrogens is 412 g/mol. The zero-order valence-corrected chi connectivity index (χ0v) is 18.4. The van der Waals surface area contributed by atoms with Gasteiger partial charge in [0, 0.05) is 19.3 Å². The second-order valence-electron chi connectivity index (χ2n) is 6.68. The van der Waals surface area contributed by atoms with Gasteiger partial charge in [0.1, 0.15) is 23.1 Å². The van der Waals surface area contributed by atoms with Gasteiger partial charge in [0.2, 0.25) is 10.0 Å². The normalized spacial score (nSPS) is 11.7. The maximum Gasteiger partial charge on any atom is 0.244 e. The van der Waals surface area contributed by atoms with Crippen LogP contribution in [0.3, 0.4) is 0 Å². The van der Waals surface area contributed by atoms with Gasteiger partial charge in [0.25, 0.3) is 0 Å². The van der Waals surface area contributed by atoms with Crippen molar-refractivity contribution in [3.05, 3.63) is 84.1 Å². The highest BCUT2D eigenvalue weighted by Gasteiger charge is 2.21. The summed E-state index contributed by atoms with van der Waals surface area (Å²) in [5, 5.41) is 4.16. The molecule has 0 radical (unpaired) electrons. The Kier molecular flexibility index (Phi) is 7.75. The summed E-state index contributed by atoms with van der Waals surface area (Å²) in [6.45, 7) is 4.96. The lowest BCUT2D eigenvalue weighted by atomic mass is 10.2. The Morgan fingerprint density at radius 2 is 1.71 bits per heavy atom. The van der Waals surface area contributed by atoms with Crippen LogP contribution in [0.5, 0.6) is 5.75 Å². The number of benzene rings is 2. The topological polar surface area (TPSA) is 83.9 Å². The van der Waals surface area contributed by atoms with E-state index in [1.165, 1.54) is 16.6 Å². The first-order chi connectivity index (χ1) is 15.0. The summed E-state index contributed by atoms with van der Waals surface area (Å²) in [6, 6.07) is 20.7. The number of hydrogen-bond donors (Lipinski definition) is 1. The summed E-state index contributed by atoms with van der Waals surface area (Å²) in [7, 11) is -3.52. The Hall–Kier alpha value is -3.23. The Morgan fingerprint density at radius 1 is 1.00 bits per heavy atom. The molecule has 1 N–H and O–H groups in total. The van der Waals surface area contributed by atoms with Gasteiger partial charge in [0.05, 0.1) is 6.21 Å². The molecule has 0 atom stereocenters. The van der Waals surface area contributed by atoms with E-state index < -0.39 is 10.0 Å². The van der Waals surface area contributed by atoms with Gasteiger partial charge in [-0.25, -0.2) is 13.4 Å². The first-order valence-electron chi connectivity index (χ1n) is 10.0. The molecular formula is C23H26N4O3S. The van der Waals surface area contributed by atoms with Crippen LogP contribution in [0.25, 0.3) is 0 Å². The lowest BCUT2D eigenvalue weighted by molar-refractivity contribution is 0.306. The fourth-order valence-electron chi connectivity index (χ4n) is 2.88. The zero-order valence-electron chi connectivity index (χ0n) is 17.6. The molecule has 0 aliphatic rings. The fraction of sp³-hybridized carbons (Fsp3) is 0.217. The Morgan fingerprint density at radius 3 is 2.32 bits per heavy atom. The molecule has 162 valence electrons. The fourth-order valence-corrected chi connectivity index (χ4v) is 4.28. The summed E-state index contributed by atoms with van der Waals surface area (Å²) >= 11 is 0. The molecule has 1 aromatic heterocycles. The van der Waals surface area contributed by atoms with E-state index in [1.807, 2.05) is 54.6 Å². The Labute approximate surface area is 183 Å². The molecule has 31 heavy (non-hydrogen) atoms. The van der Waals surface area contributed by atoms with Gasteiger partial charge >= 0.3 is 0 Å². The number of aromatic nitrogens is 1. The molecule has 3 rings (SSSR count). The van der Waals surface area contributed by atoms with Crippen molar-refractivity contribution < 1.29 is 13.2 Å². The third-order valence-corrected chi connectivity index (χ3v) is 6.63. The molecule has 0 spiro atoms. The van der Waals surface area contributed by atoms with Crippen molar-refractivity contribution in [1.29, 1.82) is 0 Å². The molecule has 0 aliphatic carbocycles. The molecule has 0 bridgehead atoms. The minimum Gasteiger partial charge on any atom is -0.489 e. The highest BCUT2D eigenvalue weighted by atomic mass is 32.2. The maximum atomic E-state index is 12.5. The van der Waals surface area contributed by atoms with Crippen molar-refractivity contribution in [3.8, 4) is 5.75 Å². The van der Waals surface area contributed by atoms with Gasteiger partial charge in [-0.15, -0.1) is 0 Å². The SMILES string of the molecule is CCN(CC)S(=O)(=O)c1ccc(NN=Cc2ccc(OCc3ccccc3)cc2)nc1. The van der Waals surface area contributed by atoms with E-state index in [9.17, 15) is 8.42 Å². The van der Waals surface area contributed by atoms with Crippen molar-refractivity contribution in [2.24, 2.45) is 5.10 Å². The zero-order chi connectivity index (χ0) is 22.1.